The third kappa shape index (κ3) is 4.84. The van der Waals surface area contributed by atoms with Crippen LogP contribution in [0.25, 0.3) is 0 Å². The minimum Gasteiger partial charge on any atom is -0.457 e. The molecule has 0 spiro atoms. The van der Waals surface area contributed by atoms with E-state index in [0.29, 0.717) is 17.7 Å². The highest BCUT2D eigenvalue weighted by Gasteiger charge is 2.12. The van der Waals surface area contributed by atoms with Crippen molar-refractivity contribution < 1.29 is 19.1 Å². The molecular formula is C15H19NO4. The molecule has 0 fully saturated rings. The van der Waals surface area contributed by atoms with Crippen LogP contribution in [0.5, 0.6) is 0 Å². The summed E-state index contributed by atoms with van der Waals surface area (Å²) in [4.78, 5) is 34.3. The van der Waals surface area contributed by atoms with Gasteiger partial charge in [-0.25, -0.2) is 0 Å². The van der Waals surface area contributed by atoms with Gasteiger partial charge in [-0.3, -0.25) is 14.4 Å². The second-order valence-electron chi connectivity index (χ2n) is 4.66. The Morgan fingerprint density at radius 3 is 2.25 bits per heavy atom. The van der Waals surface area contributed by atoms with Crippen molar-refractivity contribution in [1.29, 1.82) is 0 Å². The molecule has 1 aromatic carbocycles. The van der Waals surface area contributed by atoms with Crippen LogP contribution in [-0.4, -0.2) is 24.3 Å². The number of nitrogens with one attached hydrogen (secondary N) is 1. The van der Waals surface area contributed by atoms with E-state index in [1.165, 1.54) is 0 Å². The number of amides is 1. The molecule has 1 N–H and O–H groups in total. The van der Waals surface area contributed by atoms with Gasteiger partial charge in [0.25, 0.3) is 0 Å². The monoisotopic (exact) mass is 277 g/mol. The maximum Gasteiger partial charge on any atom is 0.308 e. The fourth-order valence-electron chi connectivity index (χ4n) is 1.38. The molecule has 1 aromatic rings. The molecule has 0 bridgehead atoms. The molecule has 0 aliphatic carbocycles. The number of rotatable bonds is 6. The maximum absolute atomic E-state index is 11.8. The molecule has 0 heterocycles. The van der Waals surface area contributed by atoms with Crippen molar-refractivity contribution in [3.05, 3.63) is 29.8 Å². The van der Waals surface area contributed by atoms with E-state index in [-0.39, 0.29) is 24.2 Å². The maximum atomic E-state index is 11.8. The highest BCUT2D eigenvalue weighted by atomic mass is 16.5. The van der Waals surface area contributed by atoms with Crippen LogP contribution in [0, 0.1) is 5.92 Å². The van der Waals surface area contributed by atoms with Crippen molar-refractivity contribution in [1.82, 2.24) is 0 Å². The number of carbonyl (C=O) groups is 3. The Kier molecular flexibility index (Phi) is 5.90. The van der Waals surface area contributed by atoms with Gasteiger partial charge in [-0.2, -0.15) is 0 Å². The Labute approximate surface area is 118 Å². The van der Waals surface area contributed by atoms with E-state index in [1.54, 1.807) is 45.0 Å². The molecule has 5 nitrogen and oxygen atoms in total. The number of carbonyl (C=O) groups excluding carboxylic acids is 3. The number of ketones is 1. The number of benzene rings is 1. The van der Waals surface area contributed by atoms with Gasteiger partial charge in [-0.1, -0.05) is 20.8 Å². The Hall–Kier alpha value is -2.17. The average Bonchev–Trinajstić information content (AvgIpc) is 2.44. The summed E-state index contributed by atoms with van der Waals surface area (Å²) >= 11 is 0. The number of ether oxygens (including phenoxy) is 1. The minimum atomic E-state index is -0.398. The molecule has 0 aromatic heterocycles. The molecular weight excluding hydrogens is 258 g/mol. The Balaban J connectivity index is 2.57. The quantitative estimate of drug-likeness (QED) is 0.640. The molecule has 1 amide bonds. The summed E-state index contributed by atoms with van der Waals surface area (Å²) < 4.78 is 4.87. The first-order chi connectivity index (χ1) is 9.43. The van der Waals surface area contributed by atoms with Gasteiger partial charge in [-0.05, 0) is 24.3 Å². The van der Waals surface area contributed by atoms with Gasteiger partial charge in [0.2, 0.25) is 5.91 Å². The third-order valence-electron chi connectivity index (χ3n) is 2.63. The largest absolute Gasteiger partial charge is 0.457 e. The van der Waals surface area contributed by atoms with Crippen LogP contribution in [0.15, 0.2) is 24.3 Å². The summed E-state index contributed by atoms with van der Waals surface area (Å²) in [5.41, 5.74) is 1.07. The van der Waals surface area contributed by atoms with Crippen LogP contribution in [0.2, 0.25) is 0 Å². The van der Waals surface area contributed by atoms with E-state index in [2.05, 4.69) is 5.32 Å². The van der Waals surface area contributed by atoms with Gasteiger partial charge in [-0.15, -0.1) is 0 Å². The summed E-state index contributed by atoms with van der Waals surface area (Å²) in [5.74, 6) is -1.01. The van der Waals surface area contributed by atoms with E-state index >= 15 is 0 Å². The molecule has 0 saturated carbocycles. The third-order valence-corrected chi connectivity index (χ3v) is 2.63. The van der Waals surface area contributed by atoms with Crippen LogP contribution in [0.4, 0.5) is 5.69 Å². The molecule has 1 rings (SSSR count). The summed E-state index contributed by atoms with van der Waals surface area (Å²) in [6.45, 7) is 4.91. The first-order valence-corrected chi connectivity index (χ1v) is 6.53. The van der Waals surface area contributed by atoms with Gasteiger partial charge in [0.05, 0.1) is 5.92 Å². The normalized spacial score (nSPS) is 10.2. The van der Waals surface area contributed by atoms with E-state index in [0.717, 1.165) is 0 Å². The second kappa shape index (κ2) is 7.43. The topological polar surface area (TPSA) is 72.5 Å². The molecule has 20 heavy (non-hydrogen) atoms. The predicted molar refractivity (Wildman–Crippen MR) is 75.5 cm³/mol. The molecule has 0 saturated heterocycles. The second-order valence-corrected chi connectivity index (χ2v) is 4.66. The van der Waals surface area contributed by atoms with Crippen molar-refractivity contribution in [2.24, 2.45) is 5.92 Å². The number of hydrogen-bond acceptors (Lipinski definition) is 4. The highest BCUT2D eigenvalue weighted by molar-refractivity contribution is 5.98. The lowest BCUT2D eigenvalue weighted by Crippen LogP contribution is -2.17. The van der Waals surface area contributed by atoms with Crippen LogP contribution in [0.3, 0.4) is 0 Å². The van der Waals surface area contributed by atoms with Gasteiger partial charge >= 0.3 is 5.97 Å². The van der Waals surface area contributed by atoms with Crippen molar-refractivity contribution in [3.8, 4) is 0 Å². The van der Waals surface area contributed by atoms with Crippen LogP contribution >= 0.6 is 0 Å². The van der Waals surface area contributed by atoms with Crippen molar-refractivity contribution in [3.63, 3.8) is 0 Å². The number of anilines is 1. The Bertz CT molecular complexity index is 491. The zero-order valence-electron chi connectivity index (χ0n) is 11.9. The zero-order chi connectivity index (χ0) is 15.1. The highest BCUT2D eigenvalue weighted by Crippen LogP contribution is 2.11. The Morgan fingerprint density at radius 2 is 1.75 bits per heavy atom. The van der Waals surface area contributed by atoms with Crippen LogP contribution < -0.4 is 5.32 Å². The lowest BCUT2D eigenvalue weighted by molar-refractivity contribution is -0.146. The van der Waals surface area contributed by atoms with Gasteiger partial charge in [0.1, 0.15) is 0 Å². The van der Waals surface area contributed by atoms with Gasteiger partial charge < -0.3 is 10.1 Å². The summed E-state index contributed by atoms with van der Waals surface area (Å²) in [5, 5.41) is 2.69. The fourth-order valence-corrected chi connectivity index (χ4v) is 1.38. The zero-order valence-corrected chi connectivity index (χ0v) is 11.9. The number of hydrogen-bond donors (Lipinski definition) is 1. The van der Waals surface area contributed by atoms with Crippen molar-refractivity contribution in [2.75, 3.05) is 11.9 Å². The van der Waals surface area contributed by atoms with E-state index < -0.39 is 5.97 Å². The fraction of sp³-hybridized carbons (Fsp3) is 0.400. The summed E-state index contributed by atoms with van der Waals surface area (Å²) in [6.07, 6.45) is 0.395. The SMILES string of the molecule is CCC(=O)Nc1ccc(C(=O)COC(=O)C(C)C)cc1. The van der Waals surface area contributed by atoms with E-state index in [9.17, 15) is 14.4 Å². The first kappa shape index (κ1) is 15.9. The first-order valence-electron chi connectivity index (χ1n) is 6.53. The van der Waals surface area contributed by atoms with E-state index in [4.69, 9.17) is 4.74 Å². The lowest BCUT2D eigenvalue weighted by atomic mass is 10.1. The van der Waals surface area contributed by atoms with Crippen molar-refractivity contribution in [2.45, 2.75) is 27.2 Å². The molecule has 0 atom stereocenters. The predicted octanol–water partition coefficient (Wildman–Crippen LogP) is 2.42. The molecule has 0 unspecified atom stereocenters. The Morgan fingerprint density at radius 1 is 1.15 bits per heavy atom. The molecule has 0 aliphatic heterocycles. The molecule has 0 radical (unpaired) electrons. The summed E-state index contributed by atoms with van der Waals surface area (Å²) in [7, 11) is 0. The summed E-state index contributed by atoms with van der Waals surface area (Å²) in [6, 6.07) is 6.48. The number of esters is 1. The van der Waals surface area contributed by atoms with Gasteiger partial charge in [0.15, 0.2) is 12.4 Å². The number of Topliss-reactive ketones (excluding diaryl/α,β-unsaturated/α-hetero) is 1. The molecule has 108 valence electrons. The molecule has 0 aliphatic rings. The lowest BCUT2D eigenvalue weighted by Gasteiger charge is -2.07. The molecule has 5 heteroatoms. The average molecular weight is 277 g/mol. The van der Waals surface area contributed by atoms with Gasteiger partial charge in [0, 0.05) is 17.7 Å². The van der Waals surface area contributed by atoms with Crippen LogP contribution in [-0.2, 0) is 14.3 Å². The van der Waals surface area contributed by atoms with Crippen LogP contribution in [0.1, 0.15) is 37.6 Å². The smallest absolute Gasteiger partial charge is 0.308 e. The standard InChI is InChI=1S/C15H19NO4/c1-4-14(18)16-12-7-5-11(6-8-12)13(17)9-20-15(19)10(2)3/h5-8,10H,4,9H2,1-3H3,(H,16,18). The minimum absolute atomic E-state index is 0.0880. The van der Waals surface area contributed by atoms with Crippen molar-refractivity contribution >= 4 is 23.3 Å². The van der Waals surface area contributed by atoms with E-state index in [1.807, 2.05) is 0 Å².